The van der Waals surface area contributed by atoms with Gasteiger partial charge >= 0.3 is 0 Å². The first-order valence-corrected chi connectivity index (χ1v) is 7.27. The third kappa shape index (κ3) is 5.01. The van der Waals surface area contributed by atoms with Crippen LogP contribution in [0.15, 0.2) is 18.2 Å². The van der Waals surface area contributed by atoms with Gasteiger partial charge in [-0.1, -0.05) is 29.3 Å². The number of halogens is 2. The van der Waals surface area contributed by atoms with E-state index in [0.717, 1.165) is 18.7 Å². The van der Waals surface area contributed by atoms with Crippen LogP contribution in [0, 0.1) is 0 Å². The van der Waals surface area contributed by atoms with Crippen LogP contribution in [0.1, 0.15) is 25.8 Å². The Bertz CT molecular complexity index is 400. The Labute approximate surface area is 124 Å². The summed E-state index contributed by atoms with van der Waals surface area (Å²) in [5.41, 5.74) is 0.876. The first kappa shape index (κ1) is 16.3. The van der Waals surface area contributed by atoms with Crippen molar-refractivity contribution in [2.75, 3.05) is 19.6 Å². The van der Waals surface area contributed by atoms with Crippen molar-refractivity contribution in [3.05, 3.63) is 33.8 Å². The molecule has 0 saturated heterocycles. The number of nitrogens with zero attached hydrogens (tertiary/aromatic N) is 1. The number of hydrogen-bond acceptors (Lipinski definition) is 2. The monoisotopic (exact) mass is 302 g/mol. The van der Waals surface area contributed by atoms with Crippen LogP contribution in [0.3, 0.4) is 0 Å². The molecule has 0 spiro atoms. The third-order valence-electron chi connectivity index (χ3n) is 3.00. The Balaban J connectivity index is 2.37. The highest BCUT2D eigenvalue weighted by Gasteiger charge is 2.09. The maximum Gasteiger partial charge on any atom is 0.223 e. The zero-order chi connectivity index (χ0) is 14.3. The molecule has 0 aromatic heterocycles. The second-order valence-corrected chi connectivity index (χ2v) is 5.01. The first-order valence-electron chi connectivity index (χ1n) is 6.51. The minimum Gasteiger partial charge on any atom is -0.343 e. The largest absolute Gasteiger partial charge is 0.343 e. The maximum absolute atomic E-state index is 11.8. The summed E-state index contributed by atoms with van der Waals surface area (Å²) < 4.78 is 0. The molecule has 0 unspecified atom stereocenters. The molecular formula is C14H20Cl2N2O. The van der Waals surface area contributed by atoms with Gasteiger partial charge in [0.15, 0.2) is 0 Å². The first-order chi connectivity index (χ1) is 9.10. The zero-order valence-corrected chi connectivity index (χ0v) is 12.9. The number of hydrogen-bond donors (Lipinski definition) is 1. The second-order valence-electron chi connectivity index (χ2n) is 4.19. The van der Waals surface area contributed by atoms with Crippen molar-refractivity contribution in [3.63, 3.8) is 0 Å². The van der Waals surface area contributed by atoms with E-state index >= 15 is 0 Å². The fraction of sp³-hybridized carbons (Fsp3) is 0.500. The Morgan fingerprint density at radius 3 is 2.32 bits per heavy atom. The molecule has 0 atom stereocenters. The minimum atomic E-state index is 0.169. The van der Waals surface area contributed by atoms with Gasteiger partial charge in [-0.05, 0) is 26.0 Å². The summed E-state index contributed by atoms with van der Waals surface area (Å²) in [6.45, 7) is 6.68. The molecule has 106 valence electrons. The van der Waals surface area contributed by atoms with Gasteiger partial charge in [-0.3, -0.25) is 4.79 Å². The van der Waals surface area contributed by atoms with Crippen molar-refractivity contribution >= 4 is 29.1 Å². The average Bonchev–Trinajstić information content (AvgIpc) is 2.38. The van der Waals surface area contributed by atoms with Crippen LogP contribution in [-0.2, 0) is 11.3 Å². The molecule has 0 saturated carbocycles. The molecule has 0 fully saturated rings. The SMILES string of the molecule is CCN(CC)C(=O)CCNCc1c(Cl)cccc1Cl. The standard InChI is InChI=1S/C14H20Cl2N2O/c1-3-18(4-2)14(19)8-9-17-10-11-12(15)6-5-7-13(11)16/h5-7,17H,3-4,8-10H2,1-2H3. The summed E-state index contributed by atoms with van der Waals surface area (Å²) >= 11 is 12.1. The fourth-order valence-corrected chi connectivity index (χ4v) is 2.38. The van der Waals surface area contributed by atoms with E-state index in [1.54, 1.807) is 0 Å². The fourth-order valence-electron chi connectivity index (χ4n) is 1.84. The van der Waals surface area contributed by atoms with Gasteiger partial charge in [0.25, 0.3) is 0 Å². The van der Waals surface area contributed by atoms with E-state index in [2.05, 4.69) is 5.32 Å². The predicted octanol–water partition coefficient (Wildman–Crippen LogP) is 3.34. The molecule has 1 amide bonds. The van der Waals surface area contributed by atoms with Gasteiger partial charge in [0.2, 0.25) is 5.91 Å². The van der Waals surface area contributed by atoms with Crippen LogP contribution in [0.2, 0.25) is 10.0 Å². The highest BCUT2D eigenvalue weighted by atomic mass is 35.5. The molecule has 0 aliphatic heterocycles. The molecule has 0 bridgehead atoms. The van der Waals surface area contributed by atoms with Crippen LogP contribution in [-0.4, -0.2) is 30.4 Å². The summed E-state index contributed by atoms with van der Waals surface area (Å²) in [6.07, 6.45) is 0.490. The van der Waals surface area contributed by atoms with Gasteiger partial charge in [-0.25, -0.2) is 0 Å². The lowest BCUT2D eigenvalue weighted by Gasteiger charge is -2.18. The topological polar surface area (TPSA) is 32.3 Å². The summed E-state index contributed by atoms with van der Waals surface area (Å²) in [6, 6.07) is 5.44. The summed E-state index contributed by atoms with van der Waals surface area (Å²) in [5.74, 6) is 0.169. The Kier molecular flexibility index (Phi) is 7.21. The van der Waals surface area contributed by atoms with Crippen LogP contribution in [0.25, 0.3) is 0 Å². The van der Waals surface area contributed by atoms with E-state index in [4.69, 9.17) is 23.2 Å². The van der Waals surface area contributed by atoms with E-state index in [0.29, 0.717) is 29.6 Å². The summed E-state index contributed by atoms with van der Waals surface area (Å²) in [4.78, 5) is 13.6. The highest BCUT2D eigenvalue weighted by Crippen LogP contribution is 2.23. The van der Waals surface area contributed by atoms with E-state index in [1.807, 2.05) is 36.9 Å². The maximum atomic E-state index is 11.8. The van der Waals surface area contributed by atoms with Crippen LogP contribution in [0.5, 0.6) is 0 Å². The molecule has 0 aliphatic carbocycles. The van der Waals surface area contributed by atoms with Gasteiger partial charge in [0.05, 0.1) is 0 Å². The van der Waals surface area contributed by atoms with Crippen molar-refractivity contribution in [2.24, 2.45) is 0 Å². The molecule has 0 radical (unpaired) electrons. The van der Waals surface area contributed by atoms with Crippen molar-refractivity contribution in [1.29, 1.82) is 0 Å². The molecule has 0 heterocycles. The molecule has 5 heteroatoms. The Morgan fingerprint density at radius 2 is 1.79 bits per heavy atom. The Morgan fingerprint density at radius 1 is 1.21 bits per heavy atom. The Hall–Kier alpha value is -0.770. The number of carbonyl (C=O) groups excluding carboxylic acids is 1. The molecule has 0 aliphatic rings. The molecular weight excluding hydrogens is 283 g/mol. The third-order valence-corrected chi connectivity index (χ3v) is 3.70. The van der Waals surface area contributed by atoms with Crippen molar-refractivity contribution in [2.45, 2.75) is 26.8 Å². The lowest BCUT2D eigenvalue weighted by atomic mass is 10.2. The molecule has 3 nitrogen and oxygen atoms in total. The highest BCUT2D eigenvalue weighted by molar-refractivity contribution is 6.35. The van der Waals surface area contributed by atoms with Crippen molar-refractivity contribution < 1.29 is 4.79 Å². The van der Waals surface area contributed by atoms with E-state index < -0.39 is 0 Å². The minimum absolute atomic E-state index is 0.169. The average molecular weight is 303 g/mol. The molecule has 1 aromatic carbocycles. The van der Waals surface area contributed by atoms with Crippen LogP contribution >= 0.6 is 23.2 Å². The predicted molar refractivity (Wildman–Crippen MR) is 80.7 cm³/mol. The van der Waals surface area contributed by atoms with E-state index in [9.17, 15) is 4.79 Å². The zero-order valence-electron chi connectivity index (χ0n) is 11.4. The van der Waals surface area contributed by atoms with Gasteiger partial charge in [0.1, 0.15) is 0 Å². The van der Waals surface area contributed by atoms with E-state index in [1.165, 1.54) is 0 Å². The van der Waals surface area contributed by atoms with Crippen LogP contribution < -0.4 is 5.32 Å². The van der Waals surface area contributed by atoms with Gasteiger partial charge in [-0.15, -0.1) is 0 Å². The quantitative estimate of drug-likeness (QED) is 0.784. The molecule has 1 rings (SSSR count). The summed E-state index contributed by atoms with van der Waals surface area (Å²) in [7, 11) is 0. The number of rotatable bonds is 7. The van der Waals surface area contributed by atoms with Gasteiger partial charge < -0.3 is 10.2 Å². The summed E-state index contributed by atoms with van der Waals surface area (Å²) in [5, 5.41) is 4.50. The normalized spacial score (nSPS) is 10.5. The molecule has 19 heavy (non-hydrogen) atoms. The molecule has 1 aromatic rings. The number of nitrogens with one attached hydrogen (secondary N) is 1. The van der Waals surface area contributed by atoms with Crippen molar-refractivity contribution in [3.8, 4) is 0 Å². The number of benzene rings is 1. The van der Waals surface area contributed by atoms with Crippen LogP contribution in [0.4, 0.5) is 0 Å². The smallest absolute Gasteiger partial charge is 0.223 e. The molecule has 1 N–H and O–H groups in total. The number of carbonyl (C=O) groups is 1. The second kappa shape index (κ2) is 8.41. The number of amides is 1. The van der Waals surface area contributed by atoms with E-state index in [-0.39, 0.29) is 5.91 Å². The van der Waals surface area contributed by atoms with Gasteiger partial charge in [-0.2, -0.15) is 0 Å². The lowest BCUT2D eigenvalue weighted by molar-refractivity contribution is -0.130. The van der Waals surface area contributed by atoms with Gasteiger partial charge in [0, 0.05) is 48.2 Å². The lowest BCUT2D eigenvalue weighted by Crippen LogP contribution is -2.32. The van der Waals surface area contributed by atoms with Crippen molar-refractivity contribution in [1.82, 2.24) is 10.2 Å².